The van der Waals surface area contributed by atoms with Crippen LogP contribution < -0.4 is 19.7 Å². The molecule has 2 rings (SSSR count). The Morgan fingerprint density at radius 2 is 1.92 bits per heavy atom. The highest BCUT2D eigenvalue weighted by atomic mass is 16.5. The molecule has 0 aromatic heterocycles. The van der Waals surface area contributed by atoms with Gasteiger partial charge in [-0.15, -0.1) is 0 Å². The van der Waals surface area contributed by atoms with E-state index in [1.54, 1.807) is 14.2 Å². The average Bonchev–Trinajstić information content (AvgIpc) is 2.56. The van der Waals surface area contributed by atoms with Crippen LogP contribution in [0.5, 0.6) is 11.5 Å². The van der Waals surface area contributed by atoms with E-state index >= 15 is 0 Å². The quantitative estimate of drug-likeness (QED) is 0.792. The molecule has 3 atom stereocenters. The summed E-state index contributed by atoms with van der Waals surface area (Å²) in [6.07, 6.45) is 4.85. The number of benzene rings is 1. The molecular formula is C19H31N2O3+. The van der Waals surface area contributed by atoms with Crippen LogP contribution in [0.2, 0.25) is 0 Å². The molecule has 2 N–H and O–H groups in total. The van der Waals surface area contributed by atoms with Crippen molar-refractivity contribution in [3.63, 3.8) is 0 Å². The lowest BCUT2D eigenvalue weighted by Gasteiger charge is -2.29. The van der Waals surface area contributed by atoms with Crippen molar-refractivity contribution in [3.05, 3.63) is 23.8 Å². The third-order valence-electron chi connectivity index (χ3n) is 4.87. The number of likely N-dealkylation sites (N-methyl/N-ethyl adjacent to an activating group) is 1. The molecule has 0 radical (unpaired) electrons. The summed E-state index contributed by atoms with van der Waals surface area (Å²) in [5.74, 6) is 2.19. The summed E-state index contributed by atoms with van der Waals surface area (Å²) in [5, 5.41) is 3.22. The molecule has 24 heavy (non-hydrogen) atoms. The number of carbonyl (C=O) groups is 1. The summed E-state index contributed by atoms with van der Waals surface area (Å²) in [6.45, 7) is 3.50. The molecule has 1 amide bonds. The van der Waals surface area contributed by atoms with Crippen molar-refractivity contribution in [1.29, 1.82) is 0 Å². The largest absolute Gasteiger partial charge is 0.493 e. The number of carbonyl (C=O) groups excluding carboxylic acids is 1. The van der Waals surface area contributed by atoms with E-state index in [0.717, 1.165) is 34.9 Å². The highest BCUT2D eigenvalue weighted by Crippen LogP contribution is 2.27. The van der Waals surface area contributed by atoms with E-state index in [-0.39, 0.29) is 5.91 Å². The standard InChI is InChI=1S/C19H30N2O3/c1-14-7-5-6-8-16(14)20-19(22)13-21(2)12-15-9-10-17(23-3)18(11-15)24-4/h9-11,14,16H,5-8,12-13H2,1-4H3,(H,20,22)/p+1/t14-,16-/m0/s1. The van der Waals surface area contributed by atoms with Gasteiger partial charge in [0, 0.05) is 11.6 Å². The minimum Gasteiger partial charge on any atom is -0.493 e. The SMILES string of the molecule is COc1ccc(C[NH+](C)CC(=O)N[C@H]2CCCC[C@@H]2C)cc1OC. The lowest BCUT2D eigenvalue weighted by Crippen LogP contribution is -3.09. The van der Waals surface area contributed by atoms with E-state index in [9.17, 15) is 4.79 Å². The van der Waals surface area contributed by atoms with Gasteiger partial charge in [0.2, 0.25) is 0 Å². The molecule has 1 aromatic carbocycles. The Labute approximate surface area is 145 Å². The van der Waals surface area contributed by atoms with Gasteiger partial charge in [-0.25, -0.2) is 0 Å². The number of quaternary nitrogens is 1. The van der Waals surface area contributed by atoms with Crippen molar-refractivity contribution in [2.24, 2.45) is 5.92 Å². The predicted octanol–water partition coefficient (Wildman–Crippen LogP) is 1.41. The van der Waals surface area contributed by atoms with E-state index < -0.39 is 0 Å². The van der Waals surface area contributed by atoms with E-state index in [1.165, 1.54) is 19.3 Å². The molecule has 0 bridgehead atoms. The summed E-state index contributed by atoms with van der Waals surface area (Å²) in [4.78, 5) is 13.5. The average molecular weight is 335 g/mol. The molecule has 0 saturated heterocycles. The second kappa shape index (κ2) is 8.92. The third kappa shape index (κ3) is 5.13. The van der Waals surface area contributed by atoms with Gasteiger partial charge in [-0.3, -0.25) is 4.79 Å². The lowest BCUT2D eigenvalue weighted by atomic mass is 9.86. The van der Waals surface area contributed by atoms with Gasteiger partial charge in [0.1, 0.15) is 6.54 Å². The van der Waals surface area contributed by atoms with Crippen LogP contribution in [0.1, 0.15) is 38.2 Å². The van der Waals surface area contributed by atoms with Crippen molar-refractivity contribution < 1.29 is 19.2 Å². The second-order valence-corrected chi connectivity index (χ2v) is 6.94. The van der Waals surface area contributed by atoms with Gasteiger partial charge in [-0.1, -0.05) is 19.8 Å². The van der Waals surface area contributed by atoms with Gasteiger partial charge in [-0.05, 0) is 37.0 Å². The molecular weight excluding hydrogens is 304 g/mol. The normalized spacial score (nSPS) is 21.8. The van der Waals surface area contributed by atoms with Gasteiger partial charge in [0.25, 0.3) is 5.91 Å². The third-order valence-corrected chi connectivity index (χ3v) is 4.87. The fourth-order valence-electron chi connectivity index (χ4n) is 3.46. The highest BCUT2D eigenvalue weighted by Gasteiger charge is 2.23. The van der Waals surface area contributed by atoms with Gasteiger partial charge >= 0.3 is 0 Å². The number of hydrogen-bond donors (Lipinski definition) is 2. The Kier molecular flexibility index (Phi) is 6.91. The maximum atomic E-state index is 12.3. The second-order valence-electron chi connectivity index (χ2n) is 6.94. The molecule has 1 aromatic rings. The maximum absolute atomic E-state index is 12.3. The Bertz CT molecular complexity index is 547. The van der Waals surface area contributed by atoms with Crippen LogP contribution in [-0.4, -0.2) is 39.8 Å². The molecule has 5 nitrogen and oxygen atoms in total. The zero-order chi connectivity index (χ0) is 17.5. The molecule has 1 aliphatic rings. The Balaban J connectivity index is 1.86. The number of rotatable bonds is 7. The lowest BCUT2D eigenvalue weighted by molar-refractivity contribution is -0.885. The first-order valence-corrected chi connectivity index (χ1v) is 8.85. The highest BCUT2D eigenvalue weighted by molar-refractivity contribution is 5.77. The Morgan fingerprint density at radius 1 is 1.21 bits per heavy atom. The zero-order valence-electron chi connectivity index (χ0n) is 15.4. The first-order valence-electron chi connectivity index (χ1n) is 8.85. The van der Waals surface area contributed by atoms with E-state index in [4.69, 9.17) is 9.47 Å². The summed E-state index contributed by atoms with van der Waals surface area (Å²) >= 11 is 0. The van der Waals surface area contributed by atoms with Crippen molar-refractivity contribution in [2.45, 2.75) is 45.2 Å². The maximum Gasteiger partial charge on any atom is 0.275 e. The minimum absolute atomic E-state index is 0.145. The number of methoxy groups -OCH3 is 2. The van der Waals surface area contributed by atoms with Gasteiger partial charge in [-0.2, -0.15) is 0 Å². The first-order chi connectivity index (χ1) is 11.5. The molecule has 0 aliphatic heterocycles. The number of ether oxygens (including phenoxy) is 2. The fourth-order valence-corrected chi connectivity index (χ4v) is 3.46. The van der Waals surface area contributed by atoms with E-state index in [1.807, 2.05) is 25.2 Å². The molecule has 0 spiro atoms. The fraction of sp³-hybridized carbons (Fsp3) is 0.632. The minimum atomic E-state index is 0.145. The van der Waals surface area contributed by atoms with Crippen LogP contribution in [-0.2, 0) is 11.3 Å². The van der Waals surface area contributed by atoms with Gasteiger partial charge < -0.3 is 19.7 Å². The topological polar surface area (TPSA) is 52.0 Å². The molecule has 1 unspecified atom stereocenters. The summed E-state index contributed by atoms with van der Waals surface area (Å²) in [6, 6.07) is 6.25. The molecule has 1 fully saturated rings. The van der Waals surface area contributed by atoms with Crippen molar-refractivity contribution >= 4 is 5.91 Å². The van der Waals surface area contributed by atoms with Gasteiger partial charge in [0.05, 0.1) is 21.3 Å². The van der Waals surface area contributed by atoms with Crippen LogP contribution in [0, 0.1) is 5.92 Å². The van der Waals surface area contributed by atoms with Crippen molar-refractivity contribution in [3.8, 4) is 11.5 Å². The van der Waals surface area contributed by atoms with Crippen LogP contribution in [0.15, 0.2) is 18.2 Å². The Morgan fingerprint density at radius 3 is 2.58 bits per heavy atom. The molecule has 1 aliphatic carbocycles. The van der Waals surface area contributed by atoms with Crippen molar-refractivity contribution in [1.82, 2.24) is 5.32 Å². The van der Waals surface area contributed by atoms with Crippen LogP contribution in [0.25, 0.3) is 0 Å². The molecule has 5 heteroatoms. The van der Waals surface area contributed by atoms with Crippen LogP contribution in [0.3, 0.4) is 0 Å². The van der Waals surface area contributed by atoms with Crippen LogP contribution >= 0.6 is 0 Å². The summed E-state index contributed by atoms with van der Waals surface area (Å²) < 4.78 is 10.6. The number of nitrogens with one attached hydrogen (secondary N) is 2. The molecule has 134 valence electrons. The number of hydrogen-bond acceptors (Lipinski definition) is 3. The first kappa shape index (κ1) is 18.6. The summed E-state index contributed by atoms with van der Waals surface area (Å²) in [7, 11) is 5.31. The Hall–Kier alpha value is -1.75. The number of amides is 1. The van der Waals surface area contributed by atoms with E-state index in [0.29, 0.717) is 18.5 Å². The van der Waals surface area contributed by atoms with Crippen molar-refractivity contribution in [2.75, 3.05) is 27.8 Å². The monoisotopic (exact) mass is 335 g/mol. The smallest absolute Gasteiger partial charge is 0.275 e. The zero-order valence-corrected chi connectivity index (χ0v) is 15.4. The molecule has 1 saturated carbocycles. The summed E-state index contributed by atoms with van der Waals surface area (Å²) in [5.41, 5.74) is 1.13. The van der Waals surface area contributed by atoms with Gasteiger partial charge in [0.15, 0.2) is 18.0 Å². The predicted molar refractivity (Wildman–Crippen MR) is 94.6 cm³/mol. The van der Waals surface area contributed by atoms with E-state index in [2.05, 4.69) is 12.2 Å². The molecule has 0 heterocycles. The van der Waals surface area contributed by atoms with Crippen LogP contribution in [0.4, 0.5) is 0 Å².